The highest BCUT2D eigenvalue weighted by Gasteiger charge is 2.15. The second-order valence-corrected chi connectivity index (χ2v) is 5.71. The standard InChI is InChI=1S/C17H24N2O2/c1-5-19(4)10-9-13-11-18-14-7-6-8-15(16(13)14)21-17(20)12(2)3/h6-8,11-12,18H,5,9-10H2,1-4H3. The summed E-state index contributed by atoms with van der Waals surface area (Å²) >= 11 is 0. The van der Waals surface area contributed by atoms with Crippen molar-refractivity contribution >= 4 is 16.9 Å². The van der Waals surface area contributed by atoms with E-state index < -0.39 is 0 Å². The third-order valence-electron chi connectivity index (χ3n) is 3.73. The van der Waals surface area contributed by atoms with E-state index in [0.29, 0.717) is 5.75 Å². The molecule has 0 aliphatic carbocycles. The van der Waals surface area contributed by atoms with Crippen LogP contribution in [0.5, 0.6) is 5.75 Å². The van der Waals surface area contributed by atoms with E-state index in [9.17, 15) is 4.79 Å². The van der Waals surface area contributed by atoms with Crippen LogP contribution in [0.15, 0.2) is 24.4 Å². The number of fused-ring (bicyclic) bond motifs is 1. The molecule has 0 aliphatic rings. The topological polar surface area (TPSA) is 45.3 Å². The number of nitrogens with one attached hydrogen (secondary N) is 1. The van der Waals surface area contributed by atoms with Crippen LogP contribution in [0.3, 0.4) is 0 Å². The van der Waals surface area contributed by atoms with Crippen molar-refractivity contribution in [2.45, 2.75) is 27.2 Å². The van der Waals surface area contributed by atoms with Crippen molar-refractivity contribution in [2.24, 2.45) is 5.92 Å². The summed E-state index contributed by atoms with van der Waals surface area (Å²) in [4.78, 5) is 17.4. The van der Waals surface area contributed by atoms with E-state index in [1.807, 2.05) is 38.2 Å². The molecule has 2 aromatic rings. The molecule has 1 aromatic carbocycles. The van der Waals surface area contributed by atoms with Gasteiger partial charge in [0.2, 0.25) is 0 Å². The first-order valence-electron chi connectivity index (χ1n) is 7.52. The first-order valence-corrected chi connectivity index (χ1v) is 7.52. The quantitative estimate of drug-likeness (QED) is 0.655. The van der Waals surface area contributed by atoms with Crippen molar-refractivity contribution in [3.63, 3.8) is 0 Å². The summed E-state index contributed by atoms with van der Waals surface area (Å²) in [5, 5.41) is 1.02. The van der Waals surface area contributed by atoms with Crippen LogP contribution in [-0.4, -0.2) is 36.0 Å². The number of likely N-dealkylation sites (N-methyl/N-ethyl adjacent to an activating group) is 1. The molecule has 0 aliphatic heterocycles. The number of ether oxygens (including phenoxy) is 1. The lowest BCUT2D eigenvalue weighted by atomic mass is 10.1. The number of H-pyrrole nitrogens is 1. The predicted molar refractivity (Wildman–Crippen MR) is 85.6 cm³/mol. The molecule has 0 bridgehead atoms. The first kappa shape index (κ1) is 15.6. The number of hydrogen-bond acceptors (Lipinski definition) is 3. The molecule has 1 heterocycles. The molecule has 0 radical (unpaired) electrons. The fraction of sp³-hybridized carbons (Fsp3) is 0.471. The zero-order valence-corrected chi connectivity index (χ0v) is 13.3. The van der Waals surface area contributed by atoms with Crippen molar-refractivity contribution in [3.05, 3.63) is 30.0 Å². The molecule has 0 spiro atoms. The van der Waals surface area contributed by atoms with Gasteiger partial charge >= 0.3 is 5.97 Å². The highest BCUT2D eigenvalue weighted by molar-refractivity contribution is 5.91. The number of nitrogens with zero attached hydrogens (tertiary/aromatic N) is 1. The lowest BCUT2D eigenvalue weighted by molar-refractivity contribution is -0.137. The van der Waals surface area contributed by atoms with E-state index >= 15 is 0 Å². The molecule has 0 amide bonds. The minimum atomic E-state index is -0.194. The Morgan fingerprint density at radius 3 is 2.81 bits per heavy atom. The Morgan fingerprint density at radius 2 is 2.14 bits per heavy atom. The largest absolute Gasteiger partial charge is 0.426 e. The molecule has 2 rings (SSSR count). The summed E-state index contributed by atoms with van der Waals surface area (Å²) in [5.74, 6) is 0.329. The van der Waals surface area contributed by atoms with E-state index in [2.05, 4.69) is 23.9 Å². The molecule has 0 saturated carbocycles. The fourth-order valence-electron chi connectivity index (χ4n) is 2.20. The highest BCUT2D eigenvalue weighted by atomic mass is 16.5. The SMILES string of the molecule is CCN(C)CCc1c[nH]c2cccc(OC(=O)C(C)C)c12. The lowest BCUT2D eigenvalue weighted by Gasteiger charge is -2.13. The maximum atomic E-state index is 11.9. The Bertz CT molecular complexity index is 616. The normalized spacial score (nSPS) is 11.5. The number of aromatic amines is 1. The monoisotopic (exact) mass is 288 g/mol. The van der Waals surface area contributed by atoms with Gasteiger partial charge in [-0.15, -0.1) is 0 Å². The summed E-state index contributed by atoms with van der Waals surface area (Å²) < 4.78 is 5.55. The summed E-state index contributed by atoms with van der Waals surface area (Å²) in [7, 11) is 2.11. The van der Waals surface area contributed by atoms with Gasteiger partial charge in [-0.05, 0) is 37.7 Å². The van der Waals surface area contributed by atoms with Crippen molar-refractivity contribution < 1.29 is 9.53 Å². The molecule has 1 aromatic heterocycles. The van der Waals surface area contributed by atoms with Crippen LogP contribution in [0.25, 0.3) is 10.9 Å². The van der Waals surface area contributed by atoms with Gasteiger partial charge in [0.05, 0.1) is 5.92 Å². The molecule has 4 heteroatoms. The molecule has 1 N–H and O–H groups in total. The Morgan fingerprint density at radius 1 is 1.38 bits per heavy atom. The lowest BCUT2D eigenvalue weighted by Crippen LogP contribution is -2.20. The predicted octanol–water partition coefficient (Wildman–Crippen LogP) is 3.22. The number of aromatic nitrogens is 1. The minimum Gasteiger partial charge on any atom is -0.426 e. The molecule has 4 nitrogen and oxygen atoms in total. The van der Waals surface area contributed by atoms with Crippen LogP contribution in [0.1, 0.15) is 26.3 Å². The van der Waals surface area contributed by atoms with E-state index in [0.717, 1.165) is 30.4 Å². The number of benzene rings is 1. The van der Waals surface area contributed by atoms with Gasteiger partial charge in [0.25, 0.3) is 0 Å². The van der Waals surface area contributed by atoms with Gasteiger partial charge in [-0.25, -0.2) is 0 Å². The molecule has 0 fully saturated rings. The smallest absolute Gasteiger partial charge is 0.313 e. The highest BCUT2D eigenvalue weighted by Crippen LogP contribution is 2.29. The second-order valence-electron chi connectivity index (χ2n) is 5.71. The van der Waals surface area contributed by atoms with E-state index in [4.69, 9.17) is 4.74 Å². The van der Waals surface area contributed by atoms with Gasteiger partial charge < -0.3 is 14.6 Å². The molecule has 0 saturated heterocycles. The maximum Gasteiger partial charge on any atom is 0.313 e. The molecular weight excluding hydrogens is 264 g/mol. The van der Waals surface area contributed by atoms with Gasteiger partial charge in [-0.3, -0.25) is 4.79 Å². The van der Waals surface area contributed by atoms with Crippen LogP contribution in [0.4, 0.5) is 0 Å². The molecule has 21 heavy (non-hydrogen) atoms. The summed E-state index contributed by atoms with van der Waals surface area (Å²) in [6.07, 6.45) is 2.95. The third-order valence-corrected chi connectivity index (χ3v) is 3.73. The zero-order chi connectivity index (χ0) is 15.4. The van der Waals surface area contributed by atoms with E-state index in [1.54, 1.807) is 0 Å². The van der Waals surface area contributed by atoms with E-state index in [-0.39, 0.29) is 11.9 Å². The first-order chi connectivity index (χ1) is 10.0. The van der Waals surface area contributed by atoms with Crippen molar-refractivity contribution in [2.75, 3.05) is 20.1 Å². The average molecular weight is 288 g/mol. The van der Waals surface area contributed by atoms with Crippen LogP contribution >= 0.6 is 0 Å². The Labute approximate surface area is 126 Å². The molecule has 0 unspecified atom stereocenters. The minimum absolute atomic E-state index is 0.131. The molecule has 0 atom stereocenters. The van der Waals surface area contributed by atoms with Crippen LogP contribution < -0.4 is 4.74 Å². The van der Waals surface area contributed by atoms with Crippen LogP contribution in [-0.2, 0) is 11.2 Å². The number of rotatable bonds is 6. The molecular formula is C17H24N2O2. The van der Waals surface area contributed by atoms with Crippen molar-refractivity contribution in [1.29, 1.82) is 0 Å². The van der Waals surface area contributed by atoms with Gasteiger partial charge in [0.1, 0.15) is 5.75 Å². The fourth-order valence-corrected chi connectivity index (χ4v) is 2.20. The number of carbonyl (C=O) groups excluding carboxylic acids is 1. The van der Waals surface area contributed by atoms with Crippen molar-refractivity contribution in [1.82, 2.24) is 9.88 Å². The summed E-state index contributed by atoms with van der Waals surface area (Å²) in [5.41, 5.74) is 2.20. The number of hydrogen-bond donors (Lipinski definition) is 1. The Kier molecular flexibility index (Phi) is 5.02. The summed E-state index contributed by atoms with van der Waals surface area (Å²) in [6, 6.07) is 5.78. The average Bonchev–Trinajstić information content (AvgIpc) is 2.88. The number of carbonyl (C=O) groups is 1. The maximum absolute atomic E-state index is 11.9. The van der Waals surface area contributed by atoms with Gasteiger partial charge in [-0.2, -0.15) is 0 Å². The van der Waals surface area contributed by atoms with Crippen LogP contribution in [0.2, 0.25) is 0 Å². The second kappa shape index (κ2) is 6.76. The third kappa shape index (κ3) is 3.64. The van der Waals surface area contributed by atoms with Crippen molar-refractivity contribution in [3.8, 4) is 5.75 Å². The van der Waals surface area contributed by atoms with Gasteiger partial charge in [-0.1, -0.05) is 26.8 Å². The van der Waals surface area contributed by atoms with Gasteiger partial charge in [0, 0.05) is 23.6 Å². The Balaban J connectivity index is 2.28. The summed E-state index contributed by atoms with van der Waals surface area (Å²) in [6.45, 7) is 7.84. The zero-order valence-electron chi connectivity index (χ0n) is 13.3. The van der Waals surface area contributed by atoms with E-state index in [1.165, 1.54) is 5.56 Å². The Hall–Kier alpha value is -1.81. The number of esters is 1. The van der Waals surface area contributed by atoms with Gasteiger partial charge in [0.15, 0.2) is 0 Å². The van der Waals surface area contributed by atoms with Crippen LogP contribution in [0, 0.1) is 5.92 Å². The molecule has 114 valence electrons.